The molecule has 0 radical (unpaired) electrons. The van der Waals surface area contributed by atoms with Crippen LogP contribution in [0.3, 0.4) is 0 Å². The maximum absolute atomic E-state index is 9.73. The van der Waals surface area contributed by atoms with Crippen LogP contribution in [0, 0.1) is 0 Å². The molecule has 2 N–H and O–H groups in total. The summed E-state index contributed by atoms with van der Waals surface area (Å²) in [6.45, 7) is 1.22. The lowest BCUT2D eigenvalue weighted by molar-refractivity contribution is -0.165. The fourth-order valence-electron chi connectivity index (χ4n) is 2.83. The number of ether oxygens (including phenoxy) is 3. The highest BCUT2D eigenvalue weighted by Gasteiger charge is 2.37. The Morgan fingerprint density at radius 2 is 1.52 bits per heavy atom. The molecule has 5 nitrogen and oxygen atoms in total. The first-order chi connectivity index (χ1) is 12.2. The largest absolute Gasteiger partial charge is 0.388 e. The SMILES string of the molecule is O[C@@H]1C[C@@H]([C@@H](COCc2ccccc2)OCc2ccccc2)O[C@H]1O. The minimum absolute atomic E-state index is 0.325. The van der Waals surface area contributed by atoms with Crippen LogP contribution < -0.4 is 0 Å². The van der Waals surface area contributed by atoms with Gasteiger partial charge in [-0.25, -0.2) is 0 Å². The fourth-order valence-corrected chi connectivity index (χ4v) is 2.83. The molecule has 2 aromatic carbocycles. The lowest BCUT2D eigenvalue weighted by Gasteiger charge is -2.23. The molecule has 134 valence electrons. The van der Waals surface area contributed by atoms with Gasteiger partial charge in [-0.3, -0.25) is 0 Å². The third-order valence-electron chi connectivity index (χ3n) is 4.23. The van der Waals surface area contributed by atoms with Crippen molar-refractivity contribution in [3.8, 4) is 0 Å². The van der Waals surface area contributed by atoms with Gasteiger partial charge in [0.05, 0.1) is 25.9 Å². The minimum atomic E-state index is -1.16. The molecule has 2 aromatic rings. The quantitative estimate of drug-likeness (QED) is 0.769. The summed E-state index contributed by atoms with van der Waals surface area (Å²) < 4.78 is 17.2. The first kappa shape index (κ1) is 18.0. The van der Waals surface area contributed by atoms with Gasteiger partial charge in [-0.1, -0.05) is 60.7 Å². The van der Waals surface area contributed by atoms with Gasteiger partial charge >= 0.3 is 0 Å². The second kappa shape index (κ2) is 9.08. The fraction of sp³-hybridized carbons (Fsp3) is 0.400. The van der Waals surface area contributed by atoms with E-state index in [1.807, 2.05) is 60.7 Å². The first-order valence-electron chi connectivity index (χ1n) is 8.51. The van der Waals surface area contributed by atoms with E-state index in [1.54, 1.807) is 0 Å². The third kappa shape index (κ3) is 5.36. The van der Waals surface area contributed by atoms with Gasteiger partial charge in [0.25, 0.3) is 0 Å². The molecule has 4 atom stereocenters. The summed E-state index contributed by atoms with van der Waals surface area (Å²) in [6, 6.07) is 19.7. The van der Waals surface area contributed by atoms with Crippen molar-refractivity contribution in [2.75, 3.05) is 6.61 Å². The number of rotatable bonds is 8. The number of hydrogen-bond acceptors (Lipinski definition) is 5. The van der Waals surface area contributed by atoms with Crippen LogP contribution in [0.2, 0.25) is 0 Å². The molecule has 0 bridgehead atoms. The predicted octanol–water partition coefficient (Wildman–Crippen LogP) is 2.26. The first-order valence-corrected chi connectivity index (χ1v) is 8.51. The Balaban J connectivity index is 1.56. The highest BCUT2D eigenvalue weighted by Crippen LogP contribution is 2.24. The van der Waals surface area contributed by atoms with E-state index in [2.05, 4.69) is 0 Å². The topological polar surface area (TPSA) is 68.2 Å². The molecule has 1 aliphatic heterocycles. The van der Waals surface area contributed by atoms with E-state index in [1.165, 1.54) is 0 Å². The zero-order valence-corrected chi connectivity index (χ0v) is 14.0. The molecule has 0 spiro atoms. The second-order valence-electron chi connectivity index (χ2n) is 6.20. The molecule has 5 heteroatoms. The molecule has 1 fully saturated rings. The lowest BCUT2D eigenvalue weighted by Crippen LogP contribution is -2.33. The molecular formula is C20H24O5. The normalized spacial score (nSPS) is 24.3. The number of aliphatic hydroxyl groups excluding tert-OH is 2. The Morgan fingerprint density at radius 1 is 0.920 bits per heavy atom. The molecule has 1 aliphatic rings. The molecule has 0 saturated carbocycles. The van der Waals surface area contributed by atoms with Gasteiger partial charge in [0, 0.05) is 6.42 Å². The Morgan fingerprint density at radius 3 is 2.08 bits per heavy atom. The van der Waals surface area contributed by atoms with Crippen molar-refractivity contribution >= 4 is 0 Å². The molecule has 3 rings (SSSR count). The molecule has 0 aliphatic carbocycles. The van der Waals surface area contributed by atoms with Crippen molar-refractivity contribution in [3.63, 3.8) is 0 Å². The van der Waals surface area contributed by atoms with Crippen LogP contribution in [0.15, 0.2) is 60.7 Å². The van der Waals surface area contributed by atoms with Crippen molar-refractivity contribution in [3.05, 3.63) is 71.8 Å². The van der Waals surface area contributed by atoms with Crippen LogP contribution in [-0.2, 0) is 27.4 Å². The third-order valence-corrected chi connectivity index (χ3v) is 4.23. The molecule has 1 saturated heterocycles. The van der Waals surface area contributed by atoms with Gasteiger partial charge < -0.3 is 24.4 Å². The Kier molecular flexibility index (Phi) is 6.55. The minimum Gasteiger partial charge on any atom is -0.388 e. The Bertz CT molecular complexity index is 608. The maximum atomic E-state index is 9.73. The highest BCUT2D eigenvalue weighted by atomic mass is 16.6. The molecule has 25 heavy (non-hydrogen) atoms. The van der Waals surface area contributed by atoms with E-state index >= 15 is 0 Å². The monoisotopic (exact) mass is 344 g/mol. The summed E-state index contributed by atoms with van der Waals surface area (Å²) in [7, 11) is 0. The van der Waals surface area contributed by atoms with Gasteiger partial charge in [0.2, 0.25) is 0 Å². The summed E-state index contributed by atoms with van der Waals surface area (Å²) in [5, 5.41) is 19.4. The molecule has 0 unspecified atom stereocenters. The average Bonchev–Trinajstić information content (AvgIpc) is 2.98. The van der Waals surface area contributed by atoms with Crippen molar-refractivity contribution in [2.24, 2.45) is 0 Å². The summed E-state index contributed by atoms with van der Waals surface area (Å²) in [6.07, 6.45) is -2.49. The standard InChI is InChI=1S/C20H24O5/c21-17-11-18(25-20(17)22)19(24-13-16-9-5-2-6-10-16)14-23-12-15-7-3-1-4-8-15/h1-10,17-22H,11-14H2/t17-,18+,19-,20-/m1/s1. The van der Waals surface area contributed by atoms with Crippen molar-refractivity contribution in [1.82, 2.24) is 0 Å². The smallest absolute Gasteiger partial charge is 0.181 e. The van der Waals surface area contributed by atoms with Crippen LogP contribution in [0.5, 0.6) is 0 Å². The van der Waals surface area contributed by atoms with Gasteiger partial charge in [0.15, 0.2) is 6.29 Å². The zero-order chi connectivity index (χ0) is 17.5. The maximum Gasteiger partial charge on any atom is 0.181 e. The van der Waals surface area contributed by atoms with E-state index < -0.39 is 18.5 Å². The Labute approximate surface area is 147 Å². The summed E-state index contributed by atoms with van der Waals surface area (Å²) in [5.74, 6) is 0. The number of benzene rings is 2. The lowest BCUT2D eigenvalue weighted by atomic mass is 10.1. The average molecular weight is 344 g/mol. The number of hydrogen-bond donors (Lipinski definition) is 2. The number of aliphatic hydroxyl groups is 2. The van der Waals surface area contributed by atoms with Crippen molar-refractivity contribution in [2.45, 2.75) is 44.2 Å². The molecule has 1 heterocycles. The van der Waals surface area contributed by atoms with Crippen molar-refractivity contribution < 1.29 is 24.4 Å². The molecule has 0 amide bonds. The summed E-state index contributed by atoms with van der Waals surface area (Å²) >= 11 is 0. The zero-order valence-electron chi connectivity index (χ0n) is 14.0. The van der Waals surface area contributed by atoms with Gasteiger partial charge in [-0.2, -0.15) is 0 Å². The van der Waals surface area contributed by atoms with Crippen LogP contribution in [0.25, 0.3) is 0 Å². The van der Waals surface area contributed by atoms with E-state index in [-0.39, 0.29) is 6.10 Å². The van der Waals surface area contributed by atoms with Crippen LogP contribution in [0.1, 0.15) is 17.5 Å². The van der Waals surface area contributed by atoms with E-state index in [0.717, 1.165) is 11.1 Å². The van der Waals surface area contributed by atoms with Crippen LogP contribution in [-0.4, -0.2) is 41.4 Å². The van der Waals surface area contributed by atoms with E-state index in [0.29, 0.717) is 26.2 Å². The predicted molar refractivity (Wildman–Crippen MR) is 92.6 cm³/mol. The van der Waals surface area contributed by atoms with Gasteiger partial charge in [-0.05, 0) is 11.1 Å². The second-order valence-corrected chi connectivity index (χ2v) is 6.20. The Hall–Kier alpha value is -1.76. The van der Waals surface area contributed by atoms with E-state index in [9.17, 15) is 10.2 Å². The summed E-state index contributed by atoms with van der Waals surface area (Å²) in [5.41, 5.74) is 2.13. The van der Waals surface area contributed by atoms with E-state index in [4.69, 9.17) is 14.2 Å². The summed E-state index contributed by atoms with van der Waals surface area (Å²) in [4.78, 5) is 0. The highest BCUT2D eigenvalue weighted by molar-refractivity contribution is 5.14. The molecular weight excluding hydrogens is 320 g/mol. The van der Waals surface area contributed by atoms with Crippen LogP contribution >= 0.6 is 0 Å². The van der Waals surface area contributed by atoms with Gasteiger partial charge in [0.1, 0.15) is 12.2 Å². The van der Waals surface area contributed by atoms with Crippen LogP contribution in [0.4, 0.5) is 0 Å². The van der Waals surface area contributed by atoms with Crippen molar-refractivity contribution in [1.29, 1.82) is 0 Å². The molecule has 0 aromatic heterocycles. The van der Waals surface area contributed by atoms with Gasteiger partial charge in [-0.15, -0.1) is 0 Å².